The Labute approximate surface area is 155 Å². The standard InChI is InChI=1S/C19H21N3O3S/c23-16(4-1-12-6-8-26-11-12)22-7-5-15-13(10-22)9-20-18(24)17(15)19(25)21-14-2-3-14/h6,8-9,11,14H,1-5,7,10H2,(H,20,24)(H,21,25). The number of hydrogen-bond acceptors (Lipinski definition) is 4. The van der Waals surface area contributed by atoms with Gasteiger partial charge in [-0.15, -0.1) is 0 Å². The lowest BCUT2D eigenvalue weighted by molar-refractivity contribution is -0.132. The van der Waals surface area contributed by atoms with Crippen molar-refractivity contribution in [3.05, 3.63) is 55.6 Å². The number of hydrogen-bond donors (Lipinski definition) is 2. The minimum absolute atomic E-state index is 0.108. The fraction of sp³-hybridized carbons (Fsp3) is 0.421. The van der Waals surface area contributed by atoms with Crippen LogP contribution in [0.5, 0.6) is 0 Å². The van der Waals surface area contributed by atoms with Crippen LogP contribution in [0.25, 0.3) is 0 Å². The van der Waals surface area contributed by atoms with E-state index >= 15 is 0 Å². The number of thiophene rings is 1. The topological polar surface area (TPSA) is 82.3 Å². The van der Waals surface area contributed by atoms with Gasteiger partial charge in [0.15, 0.2) is 0 Å². The van der Waals surface area contributed by atoms with Gasteiger partial charge in [-0.1, -0.05) is 0 Å². The molecule has 2 aliphatic rings. The summed E-state index contributed by atoms with van der Waals surface area (Å²) in [5, 5.41) is 6.97. The van der Waals surface area contributed by atoms with E-state index in [1.54, 1.807) is 17.5 Å². The minimum Gasteiger partial charge on any atom is -0.349 e. The number of carbonyl (C=O) groups excluding carboxylic acids is 2. The third kappa shape index (κ3) is 3.58. The van der Waals surface area contributed by atoms with Gasteiger partial charge >= 0.3 is 0 Å². The molecule has 0 saturated heterocycles. The second kappa shape index (κ2) is 7.07. The van der Waals surface area contributed by atoms with E-state index < -0.39 is 0 Å². The molecule has 0 atom stereocenters. The van der Waals surface area contributed by atoms with E-state index in [1.165, 1.54) is 5.56 Å². The van der Waals surface area contributed by atoms with Crippen molar-refractivity contribution in [2.45, 2.75) is 44.7 Å². The highest BCUT2D eigenvalue weighted by atomic mass is 32.1. The molecule has 0 spiro atoms. The average molecular weight is 371 g/mol. The van der Waals surface area contributed by atoms with Crippen molar-refractivity contribution in [3.8, 4) is 0 Å². The largest absolute Gasteiger partial charge is 0.349 e. The van der Waals surface area contributed by atoms with Gasteiger partial charge in [0, 0.05) is 31.7 Å². The molecule has 1 aliphatic carbocycles. The summed E-state index contributed by atoms with van der Waals surface area (Å²) in [4.78, 5) is 41.6. The zero-order valence-corrected chi connectivity index (χ0v) is 15.2. The van der Waals surface area contributed by atoms with Gasteiger partial charge in [-0.25, -0.2) is 0 Å². The van der Waals surface area contributed by atoms with Gasteiger partial charge in [-0.3, -0.25) is 14.4 Å². The first-order chi connectivity index (χ1) is 12.6. The second-order valence-electron chi connectivity index (χ2n) is 6.94. The molecule has 2 aromatic heterocycles. The smallest absolute Gasteiger partial charge is 0.261 e. The van der Waals surface area contributed by atoms with Crippen LogP contribution < -0.4 is 10.9 Å². The van der Waals surface area contributed by atoms with E-state index in [0.717, 1.165) is 30.4 Å². The average Bonchev–Trinajstić information content (AvgIpc) is 3.29. The van der Waals surface area contributed by atoms with Crippen molar-refractivity contribution >= 4 is 23.2 Å². The highest BCUT2D eigenvalue weighted by Crippen LogP contribution is 2.23. The summed E-state index contributed by atoms with van der Waals surface area (Å²) < 4.78 is 0. The van der Waals surface area contributed by atoms with Crippen LogP contribution >= 0.6 is 11.3 Å². The van der Waals surface area contributed by atoms with Crippen LogP contribution in [-0.4, -0.2) is 34.3 Å². The molecule has 136 valence electrons. The first-order valence-corrected chi connectivity index (χ1v) is 9.89. The van der Waals surface area contributed by atoms with Gasteiger partial charge in [0.25, 0.3) is 11.5 Å². The molecular formula is C19H21N3O3S. The molecule has 1 saturated carbocycles. The van der Waals surface area contributed by atoms with Crippen molar-refractivity contribution in [2.24, 2.45) is 0 Å². The maximum absolute atomic E-state index is 12.5. The number of amides is 2. The summed E-state index contributed by atoms with van der Waals surface area (Å²) in [5.74, 6) is -0.181. The lowest BCUT2D eigenvalue weighted by Crippen LogP contribution is -2.40. The number of fused-ring (bicyclic) bond motifs is 1. The van der Waals surface area contributed by atoms with E-state index in [9.17, 15) is 14.4 Å². The number of aromatic amines is 1. The van der Waals surface area contributed by atoms with Crippen molar-refractivity contribution in [3.63, 3.8) is 0 Å². The number of aryl methyl sites for hydroxylation is 1. The molecule has 0 bridgehead atoms. The summed E-state index contributed by atoms with van der Waals surface area (Å²) in [7, 11) is 0. The molecular weight excluding hydrogens is 350 g/mol. The third-order valence-corrected chi connectivity index (χ3v) is 5.72. The molecule has 4 rings (SSSR count). The third-order valence-electron chi connectivity index (χ3n) is 4.99. The summed E-state index contributed by atoms with van der Waals surface area (Å²) in [6, 6.07) is 2.25. The molecule has 0 aromatic carbocycles. The van der Waals surface area contributed by atoms with Gasteiger partial charge in [0.2, 0.25) is 5.91 Å². The lowest BCUT2D eigenvalue weighted by atomic mass is 9.96. The Bertz CT molecular complexity index is 884. The molecule has 7 heteroatoms. The first kappa shape index (κ1) is 17.0. The highest BCUT2D eigenvalue weighted by Gasteiger charge is 2.29. The fourth-order valence-corrected chi connectivity index (χ4v) is 4.05. The predicted octanol–water partition coefficient (Wildman–Crippen LogP) is 1.85. The van der Waals surface area contributed by atoms with Crippen molar-refractivity contribution in [1.82, 2.24) is 15.2 Å². The van der Waals surface area contributed by atoms with Gasteiger partial charge in [0.05, 0.1) is 0 Å². The maximum Gasteiger partial charge on any atom is 0.261 e. The monoisotopic (exact) mass is 371 g/mol. The number of nitrogens with one attached hydrogen (secondary N) is 2. The van der Waals surface area contributed by atoms with Crippen LogP contribution in [0.1, 0.15) is 46.3 Å². The van der Waals surface area contributed by atoms with Crippen LogP contribution in [0, 0.1) is 0 Å². The van der Waals surface area contributed by atoms with Crippen LogP contribution in [0.2, 0.25) is 0 Å². The minimum atomic E-state index is -0.348. The molecule has 1 aliphatic heterocycles. The van der Waals surface area contributed by atoms with E-state index in [-0.39, 0.29) is 29.0 Å². The van der Waals surface area contributed by atoms with Crippen LogP contribution in [0.3, 0.4) is 0 Å². The molecule has 6 nitrogen and oxygen atoms in total. The Morgan fingerprint density at radius 3 is 2.92 bits per heavy atom. The number of pyridine rings is 1. The lowest BCUT2D eigenvalue weighted by Gasteiger charge is -2.29. The molecule has 26 heavy (non-hydrogen) atoms. The molecule has 0 radical (unpaired) electrons. The zero-order valence-electron chi connectivity index (χ0n) is 14.4. The Kier molecular flexibility index (Phi) is 4.63. The molecule has 2 N–H and O–H groups in total. The summed E-state index contributed by atoms with van der Waals surface area (Å²) in [6.07, 6.45) is 5.35. The Balaban J connectivity index is 1.47. The number of nitrogens with zero attached hydrogens (tertiary/aromatic N) is 1. The molecule has 2 aromatic rings. The van der Waals surface area contributed by atoms with Crippen molar-refractivity contribution < 1.29 is 9.59 Å². The first-order valence-electron chi connectivity index (χ1n) is 8.95. The van der Waals surface area contributed by atoms with Gasteiger partial charge < -0.3 is 15.2 Å². The second-order valence-corrected chi connectivity index (χ2v) is 7.72. The maximum atomic E-state index is 12.5. The van der Waals surface area contributed by atoms with Gasteiger partial charge in [-0.05, 0) is 59.2 Å². The molecule has 1 fully saturated rings. The van der Waals surface area contributed by atoms with E-state index in [0.29, 0.717) is 25.9 Å². The molecule has 3 heterocycles. The van der Waals surface area contributed by atoms with Crippen LogP contribution in [0.4, 0.5) is 0 Å². The van der Waals surface area contributed by atoms with Gasteiger partial charge in [0.1, 0.15) is 5.56 Å². The van der Waals surface area contributed by atoms with Gasteiger partial charge in [-0.2, -0.15) is 11.3 Å². The Morgan fingerprint density at radius 2 is 2.19 bits per heavy atom. The van der Waals surface area contributed by atoms with Crippen LogP contribution in [-0.2, 0) is 24.2 Å². The normalized spacial score (nSPS) is 16.2. The summed E-state index contributed by atoms with van der Waals surface area (Å²) in [6.45, 7) is 0.987. The number of carbonyl (C=O) groups is 2. The summed E-state index contributed by atoms with van der Waals surface area (Å²) >= 11 is 1.64. The van der Waals surface area contributed by atoms with E-state index in [1.807, 2.05) is 16.3 Å². The number of aromatic nitrogens is 1. The number of H-pyrrole nitrogens is 1. The SMILES string of the molecule is O=C(NC1CC1)c1c2c(c[nH]c1=O)CN(C(=O)CCc1ccsc1)CC2. The van der Waals surface area contributed by atoms with Crippen LogP contribution in [0.15, 0.2) is 27.8 Å². The zero-order chi connectivity index (χ0) is 18.1. The predicted molar refractivity (Wildman–Crippen MR) is 99.3 cm³/mol. The fourth-order valence-electron chi connectivity index (χ4n) is 3.35. The van der Waals surface area contributed by atoms with Crippen molar-refractivity contribution in [2.75, 3.05) is 6.54 Å². The molecule has 0 unspecified atom stereocenters. The van der Waals surface area contributed by atoms with E-state index in [2.05, 4.69) is 15.7 Å². The molecule has 2 amide bonds. The Morgan fingerprint density at radius 1 is 1.35 bits per heavy atom. The highest BCUT2D eigenvalue weighted by molar-refractivity contribution is 7.07. The quantitative estimate of drug-likeness (QED) is 0.841. The number of rotatable bonds is 5. The summed E-state index contributed by atoms with van der Waals surface area (Å²) in [5.41, 5.74) is 2.71. The Hall–Kier alpha value is -2.41. The van der Waals surface area contributed by atoms with Crippen molar-refractivity contribution in [1.29, 1.82) is 0 Å². The van der Waals surface area contributed by atoms with E-state index in [4.69, 9.17) is 0 Å².